The number of carbonyl (C=O) groups excluding carboxylic acids is 2. The fourth-order valence-corrected chi connectivity index (χ4v) is 5.18. The normalized spacial score (nSPS) is 19.4. The minimum absolute atomic E-state index is 0.186. The number of hydrogen-bond donors (Lipinski definition) is 0. The highest BCUT2D eigenvalue weighted by molar-refractivity contribution is 5.92. The van der Waals surface area contributed by atoms with Crippen molar-refractivity contribution in [1.82, 2.24) is 9.80 Å². The van der Waals surface area contributed by atoms with E-state index in [1.165, 1.54) is 25.3 Å². The highest BCUT2D eigenvalue weighted by Crippen LogP contribution is 2.27. The number of likely N-dealkylation sites (tertiary alicyclic amines) is 1. The van der Waals surface area contributed by atoms with Gasteiger partial charge in [-0.3, -0.25) is 14.5 Å². The van der Waals surface area contributed by atoms with Crippen molar-refractivity contribution in [3.63, 3.8) is 0 Å². The first kappa shape index (κ1) is 24.5. The molecular formula is C27H35FN2O4. The van der Waals surface area contributed by atoms with Crippen LogP contribution in [0.2, 0.25) is 0 Å². The van der Waals surface area contributed by atoms with Gasteiger partial charge in [-0.25, -0.2) is 4.39 Å². The molecule has 0 spiro atoms. The lowest BCUT2D eigenvalue weighted by Crippen LogP contribution is -2.42. The minimum atomic E-state index is -0.278. The summed E-state index contributed by atoms with van der Waals surface area (Å²) in [6, 6.07) is 10.7. The number of benzene rings is 1. The van der Waals surface area contributed by atoms with Crippen molar-refractivity contribution in [2.45, 2.75) is 71.0 Å². The van der Waals surface area contributed by atoms with Crippen LogP contribution in [-0.2, 0) is 22.6 Å². The van der Waals surface area contributed by atoms with Crippen LogP contribution in [0.1, 0.15) is 73.7 Å². The van der Waals surface area contributed by atoms with Gasteiger partial charge in [-0.2, -0.15) is 0 Å². The quantitative estimate of drug-likeness (QED) is 0.498. The average molecular weight is 471 g/mol. The first-order valence-corrected chi connectivity index (χ1v) is 12.6. The van der Waals surface area contributed by atoms with E-state index in [1.54, 1.807) is 30.0 Å². The van der Waals surface area contributed by atoms with Crippen molar-refractivity contribution in [2.24, 2.45) is 5.92 Å². The summed E-state index contributed by atoms with van der Waals surface area (Å²) < 4.78 is 24.9. The van der Waals surface area contributed by atoms with Gasteiger partial charge in [0.1, 0.15) is 11.6 Å². The van der Waals surface area contributed by atoms with Gasteiger partial charge >= 0.3 is 5.97 Å². The van der Waals surface area contributed by atoms with Crippen LogP contribution in [0.3, 0.4) is 0 Å². The first-order chi connectivity index (χ1) is 16.5. The highest BCUT2D eigenvalue weighted by Gasteiger charge is 2.31. The lowest BCUT2D eigenvalue weighted by atomic mass is 9.93. The fourth-order valence-electron chi connectivity index (χ4n) is 5.18. The van der Waals surface area contributed by atoms with Gasteiger partial charge in [0.15, 0.2) is 5.76 Å². The van der Waals surface area contributed by atoms with E-state index >= 15 is 0 Å². The number of amides is 1. The number of ether oxygens (including phenoxy) is 1. The Labute approximate surface area is 201 Å². The summed E-state index contributed by atoms with van der Waals surface area (Å²) in [6.45, 7) is 4.32. The van der Waals surface area contributed by atoms with Gasteiger partial charge in [0.05, 0.1) is 19.1 Å². The first-order valence-electron chi connectivity index (χ1n) is 12.6. The van der Waals surface area contributed by atoms with Crippen molar-refractivity contribution in [3.05, 3.63) is 59.3 Å². The number of rotatable bonds is 8. The number of piperidine rings is 1. The van der Waals surface area contributed by atoms with Gasteiger partial charge in [-0.1, -0.05) is 31.4 Å². The fraction of sp³-hybridized carbons (Fsp3) is 0.556. The minimum Gasteiger partial charge on any atom is -0.466 e. The molecule has 0 radical (unpaired) electrons. The van der Waals surface area contributed by atoms with Gasteiger partial charge in [0.2, 0.25) is 0 Å². The molecule has 0 bridgehead atoms. The zero-order valence-electron chi connectivity index (χ0n) is 20.0. The Morgan fingerprint density at radius 2 is 1.91 bits per heavy atom. The molecular weight excluding hydrogens is 435 g/mol. The third kappa shape index (κ3) is 6.26. The van der Waals surface area contributed by atoms with Gasteiger partial charge in [0.25, 0.3) is 5.91 Å². The molecule has 1 saturated heterocycles. The summed E-state index contributed by atoms with van der Waals surface area (Å²) in [5.74, 6) is 0.100. The van der Waals surface area contributed by atoms with E-state index in [9.17, 15) is 14.0 Å². The molecule has 1 saturated carbocycles. The van der Waals surface area contributed by atoms with E-state index in [1.807, 2.05) is 12.1 Å². The number of halogens is 1. The van der Waals surface area contributed by atoms with Crippen LogP contribution in [0.15, 0.2) is 40.8 Å². The molecule has 0 N–H and O–H groups in total. The molecule has 1 atom stereocenters. The third-order valence-corrected chi connectivity index (χ3v) is 6.93. The molecule has 1 aliphatic heterocycles. The summed E-state index contributed by atoms with van der Waals surface area (Å²) in [7, 11) is 0. The molecule has 34 heavy (non-hydrogen) atoms. The van der Waals surface area contributed by atoms with Crippen LogP contribution in [0.5, 0.6) is 0 Å². The molecule has 4 rings (SSSR count). The number of esters is 1. The molecule has 1 amide bonds. The largest absolute Gasteiger partial charge is 0.466 e. The van der Waals surface area contributed by atoms with Gasteiger partial charge in [-0.15, -0.1) is 0 Å². The van der Waals surface area contributed by atoms with Crippen LogP contribution in [0, 0.1) is 11.7 Å². The molecule has 2 aromatic rings. The van der Waals surface area contributed by atoms with Crippen LogP contribution < -0.4 is 0 Å². The maximum atomic E-state index is 13.8. The molecule has 6 nitrogen and oxygen atoms in total. The van der Waals surface area contributed by atoms with Crippen molar-refractivity contribution in [3.8, 4) is 0 Å². The molecule has 2 aliphatic rings. The van der Waals surface area contributed by atoms with E-state index in [4.69, 9.17) is 9.15 Å². The summed E-state index contributed by atoms with van der Waals surface area (Å²) in [4.78, 5) is 29.3. The van der Waals surface area contributed by atoms with Crippen LogP contribution in [0.4, 0.5) is 4.39 Å². The molecule has 2 heterocycles. The Morgan fingerprint density at radius 3 is 2.68 bits per heavy atom. The van der Waals surface area contributed by atoms with Gasteiger partial charge < -0.3 is 14.1 Å². The maximum absolute atomic E-state index is 13.8. The zero-order chi connectivity index (χ0) is 23.9. The third-order valence-electron chi connectivity index (χ3n) is 6.93. The summed E-state index contributed by atoms with van der Waals surface area (Å²) >= 11 is 0. The monoisotopic (exact) mass is 470 g/mol. The van der Waals surface area contributed by atoms with Crippen LogP contribution >= 0.6 is 0 Å². The van der Waals surface area contributed by atoms with Crippen LogP contribution in [-0.4, -0.2) is 47.4 Å². The number of hydrogen-bond acceptors (Lipinski definition) is 5. The molecule has 7 heteroatoms. The number of nitrogens with zero attached hydrogens (tertiary/aromatic N) is 2. The SMILES string of the molecule is CCOC(=O)C1CCCN(C(=O)c2ccc(CN(Cc3cccc(F)c3)C3CCCCC3)o2)C1. The Balaban J connectivity index is 1.43. The van der Waals surface area contributed by atoms with E-state index in [-0.39, 0.29) is 23.6 Å². The van der Waals surface area contributed by atoms with E-state index in [0.717, 1.165) is 37.0 Å². The summed E-state index contributed by atoms with van der Waals surface area (Å²) in [5, 5.41) is 0. The molecule has 2 fully saturated rings. The Hall–Kier alpha value is -2.67. The van der Waals surface area contributed by atoms with Crippen molar-refractivity contribution < 1.29 is 23.1 Å². The second-order valence-corrected chi connectivity index (χ2v) is 9.44. The average Bonchev–Trinajstić information content (AvgIpc) is 3.32. The molecule has 184 valence electrons. The lowest BCUT2D eigenvalue weighted by Gasteiger charge is -2.34. The second-order valence-electron chi connectivity index (χ2n) is 9.44. The summed E-state index contributed by atoms with van der Waals surface area (Å²) in [6.07, 6.45) is 7.39. The Morgan fingerprint density at radius 1 is 1.09 bits per heavy atom. The smallest absolute Gasteiger partial charge is 0.310 e. The van der Waals surface area contributed by atoms with Crippen molar-refractivity contribution >= 4 is 11.9 Å². The van der Waals surface area contributed by atoms with Crippen LogP contribution in [0.25, 0.3) is 0 Å². The van der Waals surface area contributed by atoms with Gasteiger partial charge in [-0.05, 0) is 62.4 Å². The zero-order valence-corrected chi connectivity index (χ0v) is 20.0. The Bertz CT molecular complexity index is 969. The van der Waals surface area contributed by atoms with Crippen molar-refractivity contribution in [2.75, 3.05) is 19.7 Å². The number of furan rings is 1. The molecule has 1 aliphatic carbocycles. The standard InChI is InChI=1S/C27H35FN2O4/c1-2-33-27(32)21-9-7-15-29(18-21)26(31)25-14-13-24(34-25)19-30(23-11-4-3-5-12-23)17-20-8-6-10-22(28)16-20/h6,8,10,13-14,16,21,23H,2-5,7,9,11-12,15,17-19H2,1H3. The highest BCUT2D eigenvalue weighted by atomic mass is 19.1. The number of carbonyl (C=O) groups is 2. The van der Waals surface area contributed by atoms with Gasteiger partial charge in [0, 0.05) is 25.7 Å². The van der Waals surface area contributed by atoms with E-state index in [0.29, 0.717) is 44.6 Å². The van der Waals surface area contributed by atoms with E-state index < -0.39 is 0 Å². The topological polar surface area (TPSA) is 63.0 Å². The summed E-state index contributed by atoms with van der Waals surface area (Å²) in [5.41, 5.74) is 0.937. The van der Waals surface area contributed by atoms with Crippen molar-refractivity contribution in [1.29, 1.82) is 0 Å². The molecule has 1 aromatic heterocycles. The molecule has 1 aromatic carbocycles. The predicted octanol–water partition coefficient (Wildman–Crippen LogP) is 5.17. The molecule has 1 unspecified atom stereocenters. The Kier molecular flexibility index (Phi) is 8.38. The second kappa shape index (κ2) is 11.6. The maximum Gasteiger partial charge on any atom is 0.310 e. The lowest BCUT2D eigenvalue weighted by molar-refractivity contribution is -0.149. The predicted molar refractivity (Wildman–Crippen MR) is 126 cm³/mol. The van der Waals surface area contributed by atoms with E-state index in [2.05, 4.69) is 4.90 Å².